The Morgan fingerprint density at radius 3 is 2.89 bits per heavy atom. The fourth-order valence-electron chi connectivity index (χ4n) is 1.34. The molecule has 0 spiro atoms. The third-order valence-electron chi connectivity index (χ3n) is 2.27. The van der Waals surface area contributed by atoms with Crippen molar-refractivity contribution in [2.45, 2.75) is 20.4 Å². The van der Waals surface area contributed by atoms with Gasteiger partial charge in [0.25, 0.3) is 0 Å². The van der Waals surface area contributed by atoms with Gasteiger partial charge in [-0.05, 0) is 13.8 Å². The van der Waals surface area contributed by atoms with Crippen LogP contribution in [0.1, 0.15) is 19.7 Å². The summed E-state index contributed by atoms with van der Waals surface area (Å²) in [4.78, 5) is 8.55. The number of aromatic nitrogens is 3. The van der Waals surface area contributed by atoms with Crippen LogP contribution in [0.15, 0.2) is 11.3 Å². The second kappa shape index (κ2) is 8.46. The molecule has 2 N–H and O–H groups in total. The van der Waals surface area contributed by atoms with Crippen molar-refractivity contribution in [1.29, 1.82) is 0 Å². The molecule has 0 bridgehead atoms. The molecule has 0 saturated carbocycles. The van der Waals surface area contributed by atoms with Crippen LogP contribution in [0.25, 0.3) is 0 Å². The van der Waals surface area contributed by atoms with Gasteiger partial charge in [0.1, 0.15) is 18.7 Å². The summed E-state index contributed by atoms with van der Waals surface area (Å²) in [6.07, 6.45) is 1.53. The first-order valence-corrected chi connectivity index (χ1v) is 6.20. The quantitative estimate of drug-likeness (QED) is 0.404. The van der Waals surface area contributed by atoms with Gasteiger partial charge in [0.2, 0.25) is 0 Å². The molecule has 0 amide bonds. The Hall–Kier alpha value is -1.63. The summed E-state index contributed by atoms with van der Waals surface area (Å²) in [5.74, 6) is 1.59. The molecule has 0 atom stereocenters. The molecule has 102 valence electrons. The predicted molar refractivity (Wildman–Crippen MR) is 70.3 cm³/mol. The topological polar surface area (TPSA) is 76.4 Å². The summed E-state index contributed by atoms with van der Waals surface area (Å²) in [5, 5.41) is 10.4. The van der Waals surface area contributed by atoms with Gasteiger partial charge in [-0.1, -0.05) is 0 Å². The zero-order valence-electron chi connectivity index (χ0n) is 11.3. The third-order valence-corrected chi connectivity index (χ3v) is 2.27. The molecule has 0 radical (unpaired) electrons. The fourth-order valence-corrected chi connectivity index (χ4v) is 1.34. The molecule has 1 aromatic heterocycles. The highest BCUT2D eigenvalue weighted by molar-refractivity contribution is 5.79. The van der Waals surface area contributed by atoms with Crippen molar-refractivity contribution in [3.05, 3.63) is 12.2 Å². The number of guanidine groups is 1. The molecular weight excluding hydrogens is 232 g/mol. The van der Waals surface area contributed by atoms with Crippen LogP contribution in [-0.4, -0.2) is 47.0 Å². The number of nitrogens with zero attached hydrogens (tertiary/aromatic N) is 4. The largest absolute Gasteiger partial charge is 0.380 e. The van der Waals surface area contributed by atoms with E-state index < -0.39 is 0 Å². The number of aliphatic imine (C=N–C) groups is 1. The minimum atomic E-state index is 0.500. The van der Waals surface area contributed by atoms with Crippen molar-refractivity contribution in [2.75, 3.05) is 26.3 Å². The summed E-state index contributed by atoms with van der Waals surface area (Å²) in [7, 11) is 1.85. The first kappa shape index (κ1) is 14.4. The van der Waals surface area contributed by atoms with Gasteiger partial charge in [-0.2, -0.15) is 5.10 Å². The van der Waals surface area contributed by atoms with E-state index in [9.17, 15) is 0 Å². The molecule has 0 aliphatic rings. The average Bonchev–Trinajstić information content (AvgIpc) is 2.77. The van der Waals surface area contributed by atoms with Crippen molar-refractivity contribution in [3.8, 4) is 0 Å². The number of hydrogen-bond donors (Lipinski definition) is 2. The standard InChI is InChI=1S/C11H22N6O/c1-4-12-11(13-6-7-18-5-2)14-8-10-15-9-16-17(10)3/h9H,4-8H2,1-3H3,(H2,12,13,14). The van der Waals surface area contributed by atoms with Crippen molar-refractivity contribution < 1.29 is 4.74 Å². The first-order valence-electron chi connectivity index (χ1n) is 6.20. The molecule has 7 heteroatoms. The van der Waals surface area contributed by atoms with Crippen LogP contribution < -0.4 is 10.6 Å². The molecule has 0 aliphatic heterocycles. The van der Waals surface area contributed by atoms with Gasteiger partial charge in [0.05, 0.1) is 6.61 Å². The molecule has 0 aromatic carbocycles. The molecule has 1 rings (SSSR count). The lowest BCUT2D eigenvalue weighted by Crippen LogP contribution is -2.39. The lowest BCUT2D eigenvalue weighted by molar-refractivity contribution is 0.152. The Balaban J connectivity index is 2.42. The van der Waals surface area contributed by atoms with Gasteiger partial charge in [-0.25, -0.2) is 9.98 Å². The van der Waals surface area contributed by atoms with E-state index in [0.29, 0.717) is 13.2 Å². The normalized spacial score (nSPS) is 11.6. The molecular formula is C11H22N6O. The lowest BCUT2D eigenvalue weighted by Gasteiger charge is -2.10. The van der Waals surface area contributed by atoms with Crippen LogP contribution in [0.2, 0.25) is 0 Å². The zero-order valence-corrected chi connectivity index (χ0v) is 11.3. The van der Waals surface area contributed by atoms with E-state index in [-0.39, 0.29) is 0 Å². The van der Waals surface area contributed by atoms with E-state index in [1.54, 1.807) is 4.68 Å². The Morgan fingerprint density at radius 2 is 2.28 bits per heavy atom. The van der Waals surface area contributed by atoms with Crippen molar-refractivity contribution in [1.82, 2.24) is 25.4 Å². The molecule has 0 aliphatic carbocycles. The fraction of sp³-hybridized carbons (Fsp3) is 0.727. The summed E-state index contributed by atoms with van der Waals surface area (Å²) >= 11 is 0. The van der Waals surface area contributed by atoms with Gasteiger partial charge in [0, 0.05) is 26.7 Å². The third kappa shape index (κ3) is 5.13. The van der Waals surface area contributed by atoms with Crippen LogP contribution >= 0.6 is 0 Å². The highest BCUT2D eigenvalue weighted by Gasteiger charge is 2.00. The minimum Gasteiger partial charge on any atom is -0.380 e. The van der Waals surface area contributed by atoms with Gasteiger partial charge in [-0.3, -0.25) is 4.68 Å². The molecule has 1 heterocycles. The van der Waals surface area contributed by atoms with E-state index in [4.69, 9.17) is 4.74 Å². The highest BCUT2D eigenvalue weighted by atomic mass is 16.5. The number of rotatable bonds is 7. The maximum atomic E-state index is 5.26. The molecule has 7 nitrogen and oxygen atoms in total. The van der Waals surface area contributed by atoms with E-state index in [2.05, 4.69) is 25.7 Å². The lowest BCUT2D eigenvalue weighted by atomic mass is 10.6. The van der Waals surface area contributed by atoms with Gasteiger partial charge in [-0.15, -0.1) is 0 Å². The van der Waals surface area contributed by atoms with Crippen molar-refractivity contribution in [3.63, 3.8) is 0 Å². The number of hydrogen-bond acceptors (Lipinski definition) is 4. The van der Waals surface area contributed by atoms with Crippen LogP contribution in [0.3, 0.4) is 0 Å². The Bertz CT molecular complexity index is 362. The van der Waals surface area contributed by atoms with E-state index in [1.807, 2.05) is 20.9 Å². The van der Waals surface area contributed by atoms with Crippen molar-refractivity contribution >= 4 is 5.96 Å². The SMILES string of the molecule is CCNC(=NCc1ncnn1C)NCCOCC. The highest BCUT2D eigenvalue weighted by Crippen LogP contribution is 1.92. The summed E-state index contributed by atoms with van der Waals surface area (Å²) < 4.78 is 6.98. The zero-order chi connectivity index (χ0) is 13.2. The maximum absolute atomic E-state index is 5.26. The van der Waals surface area contributed by atoms with Crippen LogP contribution in [0.4, 0.5) is 0 Å². The van der Waals surface area contributed by atoms with Gasteiger partial charge in [0.15, 0.2) is 5.96 Å². The monoisotopic (exact) mass is 254 g/mol. The first-order chi connectivity index (χ1) is 8.77. The van der Waals surface area contributed by atoms with E-state index in [0.717, 1.165) is 31.5 Å². The predicted octanol–water partition coefficient (Wildman–Crippen LogP) is -0.0933. The van der Waals surface area contributed by atoms with Gasteiger partial charge >= 0.3 is 0 Å². The number of ether oxygens (including phenoxy) is 1. The summed E-state index contributed by atoms with van der Waals surface area (Å²) in [6.45, 7) is 7.47. The van der Waals surface area contributed by atoms with Crippen molar-refractivity contribution in [2.24, 2.45) is 12.0 Å². The number of nitrogens with one attached hydrogen (secondary N) is 2. The summed E-state index contributed by atoms with van der Waals surface area (Å²) in [5.41, 5.74) is 0. The minimum absolute atomic E-state index is 0.500. The second-order valence-corrected chi connectivity index (χ2v) is 3.62. The van der Waals surface area contributed by atoms with Crippen LogP contribution in [0.5, 0.6) is 0 Å². The Kier molecular flexibility index (Phi) is 6.78. The van der Waals surface area contributed by atoms with E-state index >= 15 is 0 Å². The molecule has 18 heavy (non-hydrogen) atoms. The van der Waals surface area contributed by atoms with Gasteiger partial charge < -0.3 is 15.4 Å². The second-order valence-electron chi connectivity index (χ2n) is 3.62. The molecule has 0 fully saturated rings. The summed E-state index contributed by atoms with van der Waals surface area (Å²) in [6, 6.07) is 0. The smallest absolute Gasteiger partial charge is 0.191 e. The maximum Gasteiger partial charge on any atom is 0.191 e. The van der Waals surface area contributed by atoms with Crippen LogP contribution in [-0.2, 0) is 18.3 Å². The van der Waals surface area contributed by atoms with Crippen LogP contribution in [0, 0.1) is 0 Å². The molecule has 0 saturated heterocycles. The molecule has 1 aromatic rings. The van der Waals surface area contributed by atoms with E-state index in [1.165, 1.54) is 6.33 Å². The Labute approximate surface area is 108 Å². The molecule has 0 unspecified atom stereocenters. The number of aryl methyl sites for hydroxylation is 1. The Morgan fingerprint density at radius 1 is 1.44 bits per heavy atom. The average molecular weight is 254 g/mol.